The van der Waals surface area contributed by atoms with Gasteiger partial charge in [-0.2, -0.15) is 0 Å². The van der Waals surface area contributed by atoms with Gasteiger partial charge < -0.3 is 0 Å². The first kappa shape index (κ1) is 14.0. The molecule has 0 radical (unpaired) electrons. The number of sulfonamides is 1. The fourth-order valence-corrected chi connectivity index (χ4v) is 3.54. The van der Waals surface area contributed by atoms with E-state index in [4.69, 9.17) is 11.6 Å². The Balaban J connectivity index is 2.23. The summed E-state index contributed by atoms with van der Waals surface area (Å²) in [6, 6.07) is 6.31. The second-order valence-corrected chi connectivity index (χ2v) is 7.55. The van der Waals surface area contributed by atoms with E-state index in [-0.39, 0.29) is 10.6 Å². The highest BCUT2D eigenvalue weighted by Gasteiger charge is 2.60. The van der Waals surface area contributed by atoms with E-state index in [1.165, 1.54) is 26.0 Å². The van der Waals surface area contributed by atoms with Crippen LogP contribution < -0.4 is 0 Å². The lowest BCUT2D eigenvalue weighted by atomic mass is 10.1. The maximum Gasteiger partial charge on any atom is 0.259 e. The Kier molecular flexibility index (Phi) is 3.18. The molecule has 0 spiro atoms. The van der Waals surface area contributed by atoms with E-state index < -0.39 is 33.0 Å². The maximum atomic E-state index is 12.0. The molecule has 0 atom stereocenters. The molecule has 7 heteroatoms. The molecule has 0 bridgehead atoms. The smallest absolute Gasteiger partial charge is 0.259 e. The highest BCUT2D eigenvalue weighted by Crippen LogP contribution is 2.34. The van der Waals surface area contributed by atoms with Crippen molar-refractivity contribution >= 4 is 33.3 Å². The van der Waals surface area contributed by atoms with Crippen molar-refractivity contribution in [1.82, 2.24) is 4.31 Å². The van der Waals surface area contributed by atoms with Gasteiger partial charge in [0, 0.05) is 5.56 Å². The summed E-state index contributed by atoms with van der Waals surface area (Å²) in [5.74, 6) is -1.08. The second-order valence-electron chi connectivity index (χ2n) is 4.73. The highest BCUT2D eigenvalue weighted by molar-refractivity contribution is 7.94. The predicted molar refractivity (Wildman–Crippen MR) is 70.5 cm³/mol. The third-order valence-corrected chi connectivity index (χ3v) is 5.81. The number of hydrogen-bond donors (Lipinski definition) is 0. The molecule has 0 N–H and O–H groups in total. The van der Waals surface area contributed by atoms with E-state index in [0.717, 1.165) is 0 Å². The number of halogens is 1. The summed E-state index contributed by atoms with van der Waals surface area (Å²) in [5, 5.41) is 0.233. The minimum atomic E-state index is -3.75. The van der Waals surface area contributed by atoms with Gasteiger partial charge in [0.25, 0.3) is 15.9 Å². The van der Waals surface area contributed by atoms with Crippen molar-refractivity contribution in [2.45, 2.75) is 18.6 Å². The average molecular weight is 302 g/mol. The molecular formula is C12H12ClNO4S. The van der Waals surface area contributed by atoms with Gasteiger partial charge in [-0.05, 0) is 26.0 Å². The van der Waals surface area contributed by atoms with Gasteiger partial charge in [0.2, 0.25) is 0 Å². The van der Waals surface area contributed by atoms with Gasteiger partial charge in [-0.3, -0.25) is 9.59 Å². The van der Waals surface area contributed by atoms with E-state index in [2.05, 4.69) is 0 Å². The van der Waals surface area contributed by atoms with Crippen LogP contribution in [0.4, 0.5) is 0 Å². The first-order valence-electron chi connectivity index (χ1n) is 5.54. The molecule has 2 rings (SSSR count). The van der Waals surface area contributed by atoms with Crippen LogP contribution in [-0.2, 0) is 14.8 Å². The van der Waals surface area contributed by atoms with Crippen molar-refractivity contribution in [3.05, 3.63) is 34.9 Å². The summed E-state index contributed by atoms with van der Waals surface area (Å²) in [6.07, 6.45) is 0. The van der Waals surface area contributed by atoms with Gasteiger partial charge in [-0.15, -0.1) is 0 Å². The maximum absolute atomic E-state index is 12.0. The molecule has 1 aliphatic rings. The molecule has 1 fully saturated rings. The Labute approximate surface area is 116 Å². The van der Waals surface area contributed by atoms with Crippen LogP contribution >= 0.6 is 11.6 Å². The molecule has 1 aromatic rings. The van der Waals surface area contributed by atoms with Gasteiger partial charge in [0.1, 0.15) is 6.54 Å². The number of ketones is 1. The highest BCUT2D eigenvalue weighted by atomic mass is 35.5. The van der Waals surface area contributed by atoms with E-state index >= 15 is 0 Å². The Hall–Kier alpha value is -1.40. The molecule has 1 aliphatic heterocycles. The van der Waals surface area contributed by atoms with Crippen LogP contribution in [0, 0.1) is 0 Å². The van der Waals surface area contributed by atoms with E-state index in [0.29, 0.717) is 4.31 Å². The number of carbonyl (C=O) groups excluding carboxylic acids is 2. The number of rotatable bonds is 3. The summed E-state index contributed by atoms with van der Waals surface area (Å²) < 4.78 is 22.9. The predicted octanol–water partition coefficient (Wildman–Crippen LogP) is 1.47. The number of carbonyl (C=O) groups is 2. The first-order valence-corrected chi connectivity index (χ1v) is 7.36. The number of hydrogen-bond acceptors (Lipinski definition) is 4. The summed E-state index contributed by atoms with van der Waals surface area (Å²) in [4.78, 5) is 23.7. The fraction of sp³-hybridized carbons (Fsp3) is 0.333. The van der Waals surface area contributed by atoms with Crippen molar-refractivity contribution < 1.29 is 18.0 Å². The second kappa shape index (κ2) is 4.31. The SMILES string of the molecule is CC1(C)C(=O)N(CC(=O)c2ccccc2Cl)S1(=O)=O. The molecular weight excluding hydrogens is 290 g/mol. The van der Waals surface area contributed by atoms with Crippen molar-refractivity contribution in [2.24, 2.45) is 0 Å². The Morgan fingerprint density at radius 2 is 1.89 bits per heavy atom. The molecule has 102 valence electrons. The van der Waals surface area contributed by atoms with Crippen molar-refractivity contribution in [3.63, 3.8) is 0 Å². The molecule has 1 amide bonds. The first-order chi connectivity index (χ1) is 8.69. The average Bonchev–Trinajstić information content (AvgIpc) is 2.35. The van der Waals surface area contributed by atoms with Gasteiger partial charge in [-0.1, -0.05) is 23.7 Å². The number of amides is 1. The standard InChI is InChI=1S/C12H12ClNO4S/c1-12(2)11(16)14(19(12,17)18)7-10(15)8-5-3-4-6-9(8)13/h3-6H,7H2,1-2H3. The van der Waals surface area contributed by atoms with Gasteiger partial charge in [-0.25, -0.2) is 12.7 Å². The third-order valence-electron chi connectivity index (χ3n) is 3.14. The molecule has 0 aliphatic carbocycles. The van der Waals surface area contributed by atoms with Crippen molar-refractivity contribution in [3.8, 4) is 0 Å². The van der Waals surface area contributed by atoms with Gasteiger partial charge >= 0.3 is 0 Å². The van der Waals surface area contributed by atoms with Gasteiger partial charge in [0.15, 0.2) is 10.5 Å². The van der Waals surface area contributed by atoms with Crippen LogP contribution in [0.25, 0.3) is 0 Å². The van der Waals surface area contributed by atoms with Gasteiger partial charge in [0.05, 0.1) is 5.02 Å². The van der Waals surface area contributed by atoms with Crippen molar-refractivity contribution in [1.29, 1.82) is 0 Å². The van der Waals surface area contributed by atoms with Crippen LogP contribution in [0.3, 0.4) is 0 Å². The van der Waals surface area contributed by atoms with Crippen LogP contribution in [0.5, 0.6) is 0 Å². The monoisotopic (exact) mass is 301 g/mol. The molecule has 0 unspecified atom stereocenters. The fourth-order valence-electron chi connectivity index (χ4n) is 1.82. The minimum absolute atomic E-state index is 0.205. The third kappa shape index (κ3) is 1.95. The molecule has 1 aromatic carbocycles. The lowest BCUT2D eigenvalue weighted by Gasteiger charge is -2.42. The molecule has 1 heterocycles. The lowest BCUT2D eigenvalue weighted by molar-refractivity contribution is -0.131. The lowest BCUT2D eigenvalue weighted by Crippen LogP contribution is -2.68. The quantitative estimate of drug-likeness (QED) is 0.793. The van der Waals surface area contributed by atoms with E-state index in [1.54, 1.807) is 12.1 Å². The number of Topliss-reactive ketones (excluding diaryl/α,β-unsaturated/α-hetero) is 1. The minimum Gasteiger partial charge on any atom is -0.292 e. The summed E-state index contributed by atoms with van der Waals surface area (Å²) >= 11 is 5.85. The van der Waals surface area contributed by atoms with Crippen LogP contribution in [-0.4, -0.2) is 35.7 Å². The topological polar surface area (TPSA) is 71.5 Å². The number of nitrogens with zero attached hydrogens (tertiary/aromatic N) is 1. The summed E-state index contributed by atoms with van der Waals surface area (Å²) in [7, 11) is -3.75. The Morgan fingerprint density at radius 1 is 1.32 bits per heavy atom. The molecule has 19 heavy (non-hydrogen) atoms. The zero-order valence-corrected chi connectivity index (χ0v) is 12.0. The van der Waals surface area contributed by atoms with Crippen LogP contribution in [0.2, 0.25) is 5.02 Å². The zero-order chi connectivity index (χ0) is 14.4. The van der Waals surface area contributed by atoms with Crippen LogP contribution in [0.15, 0.2) is 24.3 Å². The number of benzene rings is 1. The summed E-state index contributed by atoms with van der Waals surface area (Å²) in [5.41, 5.74) is 0.205. The van der Waals surface area contributed by atoms with Crippen molar-refractivity contribution in [2.75, 3.05) is 6.54 Å². The molecule has 0 saturated carbocycles. The van der Waals surface area contributed by atoms with E-state index in [9.17, 15) is 18.0 Å². The Bertz CT molecular complexity index is 666. The molecule has 0 aromatic heterocycles. The molecule has 1 saturated heterocycles. The Morgan fingerprint density at radius 3 is 2.42 bits per heavy atom. The van der Waals surface area contributed by atoms with E-state index in [1.807, 2.05) is 0 Å². The normalized spacial score (nSPS) is 19.9. The summed E-state index contributed by atoms with van der Waals surface area (Å²) in [6.45, 7) is 2.14. The molecule has 5 nitrogen and oxygen atoms in total. The van der Waals surface area contributed by atoms with Crippen LogP contribution in [0.1, 0.15) is 24.2 Å². The largest absolute Gasteiger partial charge is 0.292 e. The zero-order valence-electron chi connectivity index (χ0n) is 10.4.